The molecule has 0 bridgehead atoms. The molecule has 1 aromatic heterocycles. The summed E-state index contributed by atoms with van der Waals surface area (Å²) in [6.07, 6.45) is 3.61. The van der Waals surface area contributed by atoms with Crippen molar-refractivity contribution in [2.24, 2.45) is 0 Å². The Labute approximate surface area is 102 Å². The average Bonchev–Trinajstić information content (AvgIpc) is 2.59. The van der Waals surface area contributed by atoms with Gasteiger partial charge in [0.15, 0.2) is 0 Å². The van der Waals surface area contributed by atoms with Gasteiger partial charge in [-0.15, -0.1) is 0 Å². The average molecular weight is 238 g/mol. The van der Waals surface area contributed by atoms with Gasteiger partial charge in [-0.3, -0.25) is 0 Å². The summed E-state index contributed by atoms with van der Waals surface area (Å²) in [4.78, 5) is 0. The Hall–Kier alpha value is -1.23. The van der Waals surface area contributed by atoms with E-state index in [2.05, 4.69) is 17.3 Å². The molecular weight excluding hydrogens is 216 g/mol. The predicted molar refractivity (Wildman–Crippen MR) is 68.9 cm³/mol. The van der Waals surface area contributed by atoms with Crippen molar-refractivity contribution in [3.63, 3.8) is 0 Å². The molecule has 0 unspecified atom stereocenters. The molecule has 0 atom stereocenters. The largest absolute Gasteiger partial charge is 0.394 e. The Morgan fingerprint density at radius 3 is 2.65 bits per heavy atom. The van der Waals surface area contributed by atoms with Gasteiger partial charge in [-0.05, 0) is 39.5 Å². The van der Waals surface area contributed by atoms with Crippen LogP contribution in [0, 0.1) is 6.92 Å². The second-order valence-electron chi connectivity index (χ2n) is 4.81. The maximum Gasteiger partial charge on any atom is 0.148 e. The van der Waals surface area contributed by atoms with E-state index in [1.54, 1.807) is 0 Å². The summed E-state index contributed by atoms with van der Waals surface area (Å²) in [6.45, 7) is 4.80. The molecule has 0 saturated heterocycles. The number of aromatic nitrogens is 2. The Bertz CT molecular complexity index is 380. The van der Waals surface area contributed by atoms with Crippen molar-refractivity contribution in [3.05, 3.63) is 5.69 Å². The number of rotatable bonds is 3. The Balaban J connectivity index is 2.07. The molecular formula is C12H22N4O. The van der Waals surface area contributed by atoms with Crippen LogP contribution in [0.15, 0.2) is 0 Å². The van der Waals surface area contributed by atoms with E-state index in [0.29, 0.717) is 6.04 Å². The minimum Gasteiger partial charge on any atom is -0.394 e. The first-order valence-electron chi connectivity index (χ1n) is 6.39. The van der Waals surface area contributed by atoms with Gasteiger partial charge in [0.2, 0.25) is 0 Å². The van der Waals surface area contributed by atoms with Crippen molar-refractivity contribution in [2.45, 2.75) is 58.2 Å². The summed E-state index contributed by atoms with van der Waals surface area (Å²) in [6, 6.07) is 0.405. The number of hydrogen-bond donors (Lipinski definition) is 3. The highest BCUT2D eigenvalue weighted by Gasteiger charge is 2.21. The van der Waals surface area contributed by atoms with Crippen molar-refractivity contribution >= 4 is 11.5 Å². The van der Waals surface area contributed by atoms with E-state index in [0.717, 1.165) is 49.4 Å². The number of aliphatic hydroxyl groups excluding tert-OH is 1. The monoisotopic (exact) mass is 238 g/mol. The first-order valence-corrected chi connectivity index (χ1v) is 6.39. The van der Waals surface area contributed by atoms with Gasteiger partial charge in [0.1, 0.15) is 5.82 Å². The Morgan fingerprint density at radius 1 is 1.41 bits per heavy atom. The van der Waals surface area contributed by atoms with Gasteiger partial charge in [0.25, 0.3) is 0 Å². The maximum atomic E-state index is 9.48. The summed E-state index contributed by atoms with van der Waals surface area (Å²) < 4.78 is 1.91. The van der Waals surface area contributed by atoms with Gasteiger partial charge in [-0.25, -0.2) is 4.68 Å². The molecule has 0 amide bonds. The lowest BCUT2D eigenvalue weighted by Gasteiger charge is -2.27. The second kappa shape index (κ2) is 4.96. The molecule has 1 aliphatic carbocycles. The van der Waals surface area contributed by atoms with Crippen LogP contribution >= 0.6 is 0 Å². The summed E-state index contributed by atoms with van der Waals surface area (Å²) >= 11 is 0. The predicted octanol–water partition coefficient (Wildman–Crippen LogP) is 1.51. The number of nitrogens with one attached hydrogen (secondary N) is 1. The van der Waals surface area contributed by atoms with Crippen LogP contribution in [0.3, 0.4) is 0 Å². The lowest BCUT2D eigenvalue weighted by Crippen LogP contribution is -2.29. The van der Waals surface area contributed by atoms with Gasteiger partial charge in [0.05, 0.1) is 17.5 Å². The highest BCUT2D eigenvalue weighted by atomic mass is 16.3. The van der Waals surface area contributed by atoms with Gasteiger partial charge in [-0.2, -0.15) is 5.10 Å². The van der Waals surface area contributed by atoms with E-state index in [1.807, 2.05) is 11.6 Å². The lowest BCUT2D eigenvalue weighted by atomic mass is 9.93. The first kappa shape index (κ1) is 12.2. The molecule has 5 nitrogen and oxygen atoms in total. The minimum absolute atomic E-state index is 0.122. The number of nitrogens with two attached hydrogens (primary N) is 1. The zero-order valence-electron chi connectivity index (χ0n) is 10.6. The molecule has 96 valence electrons. The Morgan fingerprint density at radius 2 is 2.06 bits per heavy atom. The van der Waals surface area contributed by atoms with E-state index >= 15 is 0 Å². The van der Waals surface area contributed by atoms with E-state index < -0.39 is 0 Å². The smallest absolute Gasteiger partial charge is 0.148 e. The van der Waals surface area contributed by atoms with Crippen LogP contribution in [-0.2, 0) is 6.54 Å². The van der Waals surface area contributed by atoms with E-state index in [-0.39, 0.29) is 6.10 Å². The zero-order valence-corrected chi connectivity index (χ0v) is 10.6. The number of aryl methyl sites for hydroxylation is 2. The first-order chi connectivity index (χ1) is 8.11. The fourth-order valence-corrected chi connectivity index (χ4v) is 2.39. The van der Waals surface area contributed by atoms with Gasteiger partial charge in [0, 0.05) is 12.6 Å². The summed E-state index contributed by atoms with van der Waals surface area (Å²) in [5, 5.41) is 17.3. The van der Waals surface area contributed by atoms with Gasteiger partial charge in [-0.1, -0.05) is 0 Å². The van der Waals surface area contributed by atoms with Crippen molar-refractivity contribution in [3.8, 4) is 0 Å². The van der Waals surface area contributed by atoms with Crippen LogP contribution in [0.2, 0.25) is 0 Å². The van der Waals surface area contributed by atoms with Crippen molar-refractivity contribution in [1.29, 1.82) is 0 Å². The molecule has 17 heavy (non-hydrogen) atoms. The van der Waals surface area contributed by atoms with Crippen molar-refractivity contribution in [2.75, 3.05) is 11.1 Å². The minimum atomic E-state index is -0.122. The highest BCUT2D eigenvalue weighted by Crippen LogP contribution is 2.27. The summed E-state index contributed by atoms with van der Waals surface area (Å²) in [5.41, 5.74) is 7.66. The fraction of sp³-hybridized carbons (Fsp3) is 0.750. The van der Waals surface area contributed by atoms with Crippen molar-refractivity contribution < 1.29 is 5.11 Å². The molecule has 1 aromatic rings. The summed E-state index contributed by atoms with van der Waals surface area (Å²) in [7, 11) is 0. The molecule has 1 fully saturated rings. The van der Waals surface area contributed by atoms with Crippen molar-refractivity contribution in [1.82, 2.24) is 9.78 Å². The molecule has 0 aromatic carbocycles. The van der Waals surface area contributed by atoms with Crippen LogP contribution in [0.4, 0.5) is 11.5 Å². The molecule has 0 spiro atoms. The van der Waals surface area contributed by atoms with E-state index in [1.165, 1.54) is 0 Å². The second-order valence-corrected chi connectivity index (χ2v) is 4.81. The van der Waals surface area contributed by atoms with Gasteiger partial charge < -0.3 is 16.2 Å². The number of anilines is 2. The van der Waals surface area contributed by atoms with Crippen LogP contribution in [0.1, 0.15) is 38.3 Å². The molecule has 1 saturated carbocycles. The van der Waals surface area contributed by atoms with Crippen LogP contribution in [0.5, 0.6) is 0 Å². The molecule has 1 aliphatic rings. The number of hydrogen-bond acceptors (Lipinski definition) is 4. The number of aliphatic hydroxyl groups is 1. The highest BCUT2D eigenvalue weighted by molar-refractivity contribution is 5.65. The standard InChI is InChI=1S/C12H22N4O/c1-3-16-12(11(13)8(2)15-16)14-9-4-6-10(17)7-5-9/h9-10,14,17H,3-7,13H2,1-2H3. The van der Waals surface area contributed by atoms with Crippen LogP contribution in [0.25, 0.3) is 0 Å². The third-order valence-electron chi connectivity index (χ3n) is 3.51. The van der Waals surface area contributed by atoms with Crippen LogP contribution in [-0.4, -0.2) is 27.0 Å². The fourth-order valence-electron chi connectivity index (χ4n) is 2.39. The topological polar surface area (TPSA) is 76.1 Å². The number of nitrogen functional groups attached to an aromatic ring is 1. The molecule has 1 heterocycles. The quantitative estimate of drug-likeness (QED) is 0.746. The van der Waals surface area contributed by atoms with Crippen LogP contribution < -0.4 is 11.1 Å². The molecule has 0 radical (unpaired) electrons. The summed E-state index contributed by atoms with van der Waals surface area (Å²) in [5.74, 6) is 0.936. The molecule has 4 N–H and O–H groups in total. The van der Waals surface area contributed by atoms with E-state index in [4.69, 9.17) is 5.73 Å². The maximum absolute atomic E-state index is 9.48. The third kappa shape index (κ3) is 2.54. The molecule has 0 aliphatic heterocycles. The third-order valence-corrected chi connectivity index (χ3v) is 3.51. The lowest BCUT2D eigenvalue weighted by molar-refractivity contribution is 0.126. The number of nitrogens with zero attached hydrogens (tertiary/aromatic N) is 2. The normalized spacial score (nSPS) is 24.9. The molecule has 2 rings (SSSR count). The van der Waals surface area contributed by atoms with E-state index in [9.17, 15) is 5.11 Å². The zero-order chi connectivity index (χ0) is 12.4. The molecule has 5 heteroatoms. The SMILES string of the molecule is CCn1nc(C)c(N)c1NC1CCC(O)CC1. The Kier molecular flexibility index (Phi) is 3.57. The van der Waals surface area contributed by atoms with Gasteiger partial charge >= 0.3 is 0 Å².